The summed E-state index contributed by atoms with van der Waals surface area (Å²) in [7, 11) is 0. The molecule has 0 aliphatic heterocycles. The van der Waals surface area contributed by atoms with E-state index >= 15 is 0 Å². The monoisotopic (exact) mass is 367 g/mol. The molecule has 0 saturated carbocycles. The van der Waals surface area contributed by atoms with Crippen molar-refractivity contribution in [2.75, 3.05) is 11.1 Å². The zero-order valence-corrected chi connectivity index (χ0v) is 13.5. The molecule has 0 atom stereocenters. The van der Waals surface area contributed by atoms with Crippen molar-refractivity contribution in [3.8, 4) is 0 Å². The summed E-state index contributed by atoms with van der Waals surface area (Å²) >= 11 is 10.9. The van der Waals surface area contributed by atoms with Crippen molar-refractivity contribution >= 4 is 61.1 Å². The van der Waals surface area contributed by atoms with E-state index in [2.05, 4.69) is 26.2 Å². The Kier molecular flexibility index (Phi) is 3.83. The molecule has 0 aliphatic rings. The van der Waals surface area contributed by atoms with Gasteiger partial charge in [0.25, 0.3) is 0 Å². The fraction of sp³-hybridized carbons (Fsp3) is 0.0714. The molecule has 6 heteroatoms. The summed E-state index contributed by atoms with van der Waals surface area (Å²) in [5, 5.41) is 4.32. The zero-order chi connectivity index (χ0) is 14.1. The molecular formula is C14H11BrClN3S. The van der Waals surface area contributed by atoms with Crippen molar-refractivity contribution in [1.29, 1.82) is 0 Å². The summed E-state index contributed by atoms with van der Waals surface area (Å²) in [6, 6.07) is 9.74. The van der Waals surface area contributed by atoms with E-state index in [1.165, 1.54) is 4.88 Å². The van der Waals surface area contributed by atoms with E-state index < -0.39 is 0 Å². The van der Waals surface area contributed by atoms with Crippen LogP contribution in [0.5, 0.6) is 0 Å². The topological polar surface area (TPSA) is 50.9 Å². The Morgan fingerprint density at radius 1 is 1.30 bits per heavy atom. The number of halogens is 2. The number of anilines is 2. The molecule has 3 aromatic rings. The first-order valence-corrected chi connectivity index (χ1v) is 7.94. The number of pyridine rings is 1. The van der Waals surface area contributed by atoms with Crippen LogP contribution in [0.15, 0.2) is 41.0 Å². The van der Waals surface area contributed by atoms with Gasteiger partial charge in [0.1, 0.15) is 0 Å². The van der Waals surface area contributed by atoms with Crippen LogP contribution in [-0.2, 0) is 6.54 Å². The number of benzene rings is 1. The number of thiophene rings is 1. The minimum absolute atomic E-state index is 0.716. The highest BCUT2D eigenvalue weighted by atomic mass is 79.9. The van der Waals surface area contributed by atoms with Gasteiger partial charge in [-0.25, -0.2) is 0 Å². The van der Waals surface area contributed by atoms with E-state index in [0.717, 1.165) is 31.1 Å². The standard InChI is InChI=1S/C14H11BrClN3S/c15-8-5-10-11(17)2-3-12(14(10)19-6-8)18-7-9-1-4-13(16)20-9/h1-6,18H,7,17H2. The Labute approximate surface area is 133 Å². The molecule has 0 fully saturated rings. The lowest BCUT2D eigenvalue weighted by Crippen LogP contribution is -2.00. The minimum Gasteiger partial charge on any atom is -0.398 e. The molecular weight excluding hydrogens is 358 g/mol. The highest BCUT2D eigenvalue weighted by Crippen LogP contribution is 2.30. The van der Waals surface area contributed by atoms with Crippen molar-refractivity contribution in [1.82, 2.24) is 4.98 Å². The normalized spacial score (nSPS) is 10.9. The van der Waals surface area contributed by atoms with Crippen LogP contribution in [-0.4, -0.2) is 4.98 Å². The van der Waals surface area contributed by atoms with Crippen molar-refractivity contribution < 1.29 is 0 Å². The first-order valence-electron chi connectivity index (χ1n) is 5.95. The SMILES string of the molecule is Nc1ccc(NCc2ccc(Cl)s2)c2ncc(Br)cc12. The van der Waals surface area contributed by atoms with Crippen LogP contribution >= 0.6 is 38.9 Å². The van der Waals surface area contributed by atoms with Gasteiger partial charge in [0.2, 0.25) is 0 Å². The van der Waals surface area contributed by atoms with E-state index in [1.54, 1.807) is 17.5 Å². The molecule has 102 valence electrons. The summed E-state index contributed by atoms with van der Waals surface area (Å²) in [5.74, 6) is 0. The van der Waals surface area contributed by atoms with Gasteiger partial charge in [-0.1, -0.05) is 11.6 Å². The fourth-order valence-corrected chi connectivity index (χ4v) is 3.35. The summed E-state index contributed by atoms with van der Waals surface area (Å²) in [6.45, 7) is 0.716. The molecule has 0 aliphatic carbocycles. The smallest absolute Gasteiger partial charge is 0.0954 e. The van der Waals surface area contributed by atoms with E-state index in [1.807, 2.05) is 30.3 Å². The Balaban J connectivity index is 1.93. The molecule has 20 heavy (non-hydrogen) atoms. The maximum Gasteiger partial charge on any atom is 0.0954 e. The van der Waals surface area contributed by atoms with Crippen LogP contribution in [0.25, 0.3) is 10.9 Å². The summed E-state index contributed by atoms with van der Waals surface area (Å²) < 4.78 is 1.71. The van der Waals surface area contributed by atoms with E-state index in [9.17, 15) is 0 Å². The number of nitrogens with two attached hydrogens (primary N) is 1. The predicted octanol–water partition coefficient (Wildman–Crippen LogP) is 4.91. The molecule has 3 nitrogen and oxygen atoms in total. The molecule has 1 aromatic carbocycles. The van der Waals surface area contributed by atoms with Crippen molar-refractivity contribution in [2.45, 2.75) is 6.54 Å². The lowest BCUT2D eigenvalue weighted by molar-refractivity contribution is 1.19. The van der Waals surface area contributed by atoms with Gasteiger partial charge in [-0.05, 0) is 46.3 Å². The summed E-state index contributed by atoms with van der Waals surface area (Å²) in [5.41, 5.74) is 8.56. The van der Waals surface area contributed by atoms with Gasteiger partial charge in [-0.2, -0.15) is 0 Å². The highest BCUT2D eigenvalue weighted by molar-refractivity contribution is 9.10. The second kappa shape index (κ2) is 5.60. The molecule has 0 radical (unpaired) electrons. The first kappa shape index (κ1) is 13.7. The molecule has 0 saturated heterocycles. The number of nitrogens with one attached hydrogen (secondary N) is 1. The second-order valence-electron chi connectivity index (χ2n) is 4.31. The van der Waals surface area contributed by atoms with Gasteiger partial charge in [-0.15, -0.1) is 11.3 Å². The van der Waals surface area contributed by atoms with Crippen molar-refractivity contribution in [2.24, 2.45) is 0 Å². The van der Waals surface area contributed by atoms with Gasteiger partial charge >= 0.3 is 0 Å². The lowest BCUT2D eigenvalue weighted by Gasteiger charge is -2.10. The molecule has 3 rings (SSSR count). The highest BCUT2D eigenvalue weighted by Gasteiger charge is 2.07. The van der Waals surface area contributed by atoms with Gasteiger partial charge in [-0.3, -0.25) is 4.98 Å². The van der Waals surface area contributed by atoms with Crippen LogP contribution in [0.4, 0.5) is 11.4 Å². The fourth-order valence-electron chi connectivity index (χ4n) is 1.99. The minimum atomic E-state index is 0.716. The number of fused-ring (bicyclic) bond motifs is 1. The number of nitrogen functional groups attached to an aromatic ring is 1. The van der Waals surface area contributed by atoms with Gasteiger partial charge < -0.3 is 11.1 Å². The lowest BCUT2D eigenvalue weighted by atomic mass is 10.1. The molecule has 2 heterocycles. The maximum absolute atomic E-state index is 6.00. The first-order chi connectivity index (χ1) is 9.63. The van der Waals surface area contributed by atoms with Crippen LogP contribution in [0.1, 0.15) is 4.88 Å². The van der Waals surface area contributed by atoms with E-state index in [-0.39, 0.29) is 0 Å². The number of hydrogen-bond donors (Lipinski definition) is 2. The van der Waals surface area contributed by atoms with Crippen LogP contribution in [0, 0.1) is 0 Å². The molecule has 2 aromatic heterocycles. The Hall–Kier alpha value is -1.30. The van der Waals surface area contributed by atoms with Crippen molar-refractivity contribution in [3.05, 3.63) is 50.2 Å². The average Bonchev–Trinajstić information content (AvgIpc) is 2.84. The largest absolute Gasteiger partial charge is 0.398 e. The second-order valence-corrected chi connectivity index (χ2v) is 7.03. The molecule has 0 unspecified atom stereocenters. The van der Waals surface area contributed by atoms with Crippen LogP contribution < -0.4 is 11.1 Å². The average molecular weight is 369 g/mol. The third-order valence-corrected chi connectivity index (χ3v) is 4.60. The van der Waals surface area contributed by atoms with Crippen LogP contribution in [0.2, 0.25) is 4.34 Å². The molecule has 3 N–H and O–H groups in total. The third kappa shape index (κ3) is 2.75. The third-order valence-electron chi connectivity index (χ3n) is 2.93. The number of hydrogen-bond acceptors (Lipinski definition) is 4. The Bertz CT molecular complexity index is 772. The van der Waals surface area contributed by atoms with Gasteiger partial charge in [0.05, 0.1) is 15.5 Å². The zero-order valence-electron chi connectivity index (χ0n) is 10.4. The van der Waals surface area contributed by atoms with Crippen LogP contribution in [0.3, 0.4) is 0 Å². The summed E-state index contributed by atoms with van der Waals surface area (Å²) in [6.07, 6.45) is 1.77. The summed E-state index contributed by atoms with van der Waals surface area (Å²) in [4.78, 5) is 5.62. The molecule has 0 bridgehead atoms. The van der Waals surface area contributed by atoms with E-state index in [4.69, 9.17) is 17.3 Å². The number of nitrogens with zero attached hydrogens (tertiary/aromatic N) is 1. The van der Waals surface area contributed by atoms with E-state index in [0.29, 0.717) is 6.54 Å². The van der Waals surface area contributed by atoms with Crippen molar-refractivity contribution in [3.63, 3.8) is 0 Å². The van der Waals surface area contributed by atoms with Gasteiger partial charge in [0.15, 0.2) is 0 Å². The van der Waals surface area contributed by atoms with Gasteiger partial charge in [0, 0.05) is 33.2 Å². The number of aromatic nitrogens is 1. The maximum atomic E-state index is 6.00. The Morgan fingerprint density at radius 2 is 2.15 bits per heavy atom. The Morgan fingerprint density at radius 3 is 2.90 bits per heavy atom. The predicted molar refractivity (Wildman–Crippen MR) is 90.5 cm³/mol. The molecule has 0 spiro atoms. The number of rotatable bonds is 3. The quantitative estimate of drug-likeness (QED) is 0.646. The molecule has 0 amide bonds.